The first-order chi connectivity index (χ1) is 10.5. The van der Waals surface area contributed by atoms with Gasteiger partial charge in [0.05, 0.1) is 0 Å². The van der Waals surface area contributed by atoms with E-state index in [0.717, 1.165) is 37.1 Å². The summed E-state index contributed by atoms with van der Waals surface area (Å²) in [6.07, 6.45) is 2.25. The summed E-state index contributed by atoms with van der Waals surface area (Å²) < 4.78 is 0. The van der Waals surface area contributed by atoms with Gasteiger partial charge < -0.3 is 16.2 Å². The predicted molar refractivity (Wildman–Crippen MR) is 105 cm³/mol. The minimum absolute atomic E-state index is 0. The number of nitrogens with one attached hydrogen (secondary N) is 1. The van der Waals surface area contributed by atoms with Crippen molar-refractivity contribution >= 4 is 12.4 Å². The molecular weight excluding hydrogens is 320 g/mol. The van der Waals surface area contributed by atoms with Crippen molar-refractivity contribution in [2.24, 2.45) is 11.7 Å². The quantitative estimate of drug-likeness (QED) is 0.737. The molecule has 0 aromatic heterocycles. The van der Waals surface area contributed by atoms with E-state index in [1.54, 1.807) is 0 Å². The van der Waals surface area contributed by atoms with Gasteiger partial charge in [0.2, 0.25) is 0 Å². The van der Waals surface area contributed by atoms with Gasteiger partial charge in [0.15, 0.2) is 0 Å². The van der Waals surface area contributed by atoms with Crippen molar-refractivity contribution in [1.29, 1.82) is 0 Å². The Labute approximate surface area is 153 Å². The van der Waals surface area contributed by atoms with Gasteiger partial charge in [-0.1, -0.05) is 41.5 Å². The molecule has 0 saturated carbocycles. The molecule has 1 fully saturated rings. The topological polar surface area (TPSA) is 58.3 Å². The van der Waals surface area contributed by atoms with Crippen LogP contribution in [-0.2, 0) is 10.8 Å². The van der Waals surface area contributed by atoms with Gasteiger partial charge in [0, 0.05) is 6.04 Å². The Bertz CT molecular complexity index is 517. The Balaban J connectivity index is 0.00000288. The molecule has 2 rings (SSSR count). The lowest BCUT2D eigenvalue weighted by atomic mass is 9.76. The summed E-state index contributed by atoms with van der Waals surface area (Å²) in [5, 5.41) is 14.2. The SMILES string of the molecule is CC(C)(C)c1cc([C@H](N)C2CCNCC2)cc(C(C)(C)C)c1O.Cl. The molecule has 1 atom stereocenters. The van der Waals surface area contributed by atoms with Crippen molar-refractivity contribution in [3.05, 3.63) is 28.8 Å². The van der Waals surface area contributed by atoms with Gasteiger partial charge in [0.1, 0.15) is 5.75 Å². The molecule has 4 N–H and O–H groups in total. The van der Waals surface area contributed by atoms with Gasteiger partial charge in [-0.25, -0.2) is 0 Å². The molecule has 0 spiro atoms. The van der Waals surface area contributed by atoms with Crippen LogP contribution in [0.25, 0.3) is 0 Å². The molecule has 24 heavy (non-hydrogen) atoms. The highest BCUT2D eigenvalue weighted by atomic mass is 35.5. The maximum Gasteiger partial charge on any atom is 0.123 e. The van der Waals surface area contributed by atoms with E-state index in [-0.39, 0.29) is 29.3 Å². The first kappa shape index (κ1) is 21.3. The summed E-state index contributed by atoms with van der Waals surface area (Å²) in [6.45, 7) is 15.0. The van der Waals surface area contributed by atoms with Gasteiger partial charge in [-0.2, -0.15) is 0 Å². The third-order valence-electron chi connectivity index (χ3n) is 5.02. The Morgan fingerprint density at radius 1 is 1.00 bits per heavy atom. The molecule has 0 bridgehead atoms. The molecule has 1 heterocycles. The number of nitrogens with two attached hydrogens (primary N) is 1. The van der Waals surface area contributed by atoms with Crippen LogP contribution in [0, 0.1) is 5.92 Å². The molecule has 0 radical (unpaired) electrons. The van der Waals surface area contributed by atoms with E-state index < -0.39 is 0 Å². The minimum Gasteiger partial charge on any atom is -0.507 e. The van der Waals surface area contributed by atoms with Crippen LogP contribution in [0.2, 0.25) is 0 Å². The Morgan fingerprint density at radius 2 is 1.42 bits per heavy atom. The standard InChI is InChI=1S/C20H34N2O.ClH/c1-19(2,3)15-11-14(12-16(18(15)23)20(4,5)6)17(21)13-7-9-22-10-8-13;/h11-13,17,22-23H,7-10,21H2,1-6H3;1H/t17-;/m1./s1. The van der Waals surface area contributed by atoms with E-state index in [1.807, 2.05) is 0 Å². The van der Waals surface area contributed by atoms with E-state index in [2.05, 4.69) is 59.0 Å². The smallest absolute Gasteiger partial charge is 0.123 e. The van der Waals surface area contributed by atoms with Crippen LogP contribution in [0.1, 0.15) is 77.1 Å². The molecule has 1 aliphatic rings. The van der Waals surface area contributed by atoms with Crippen molar-refractivity contribution in [3.63, 3.8) is 0 Å². The lowest BCUT2D eigenvalue weighted by molar-refractivity contribution is 0.321. The van der Waals surface area contributed by atoms with Crippen molar-refractivity contribution < 1.29 is 5.11 Å². The molecule has 3 nitrogen and oxygen atoms in total. The first-order valence-electron chi connectivity index (χ1n) is 8.86. The van der Waals surface area contributed by atoms with Gasteiger partial charge in [-0.3, -0.25) is 0 Å². The number of phenols is 1. The van der Waals surface area contributed by atoms with Gasteiger partial charge in [-0.05, 0) is 71.5 Å². The molecule has 4 heteroatoms. The number of aromatic hydroxyl groups is 1. The fourth-order valence-corrected chi connectivity index (χ4v) is 3.47. The zero-order chi connectivity index (χ0) is 17.4. The summed E-state index contributed by atoms with van der Waals surface area (Å²) in [6, 6.07) is 4.31. The summed E-state index contributed by atoms with van der Waals surface area (Å²) >= 11 is 0. The van der Waals surface area contributed by atoms with Crippen molar-refractivity contribution in [2.75, 3.05) is 13.1 Å². The minimum atomic E-state index is -0.103. The van der Waals surface area contributed by atoms with Gasteiger partial charge >= 0.3 is 0 Å². The van der Waals surface area contributed by atoms with Crippen LogP contribution < -0.4 is 11.1 Å². The summed E-state index contributed by atoms with van der Waals surface area (Å²) in [5.41, 5.74) is 9.61. The molecule has 0 aliphatic carbocycles. The fraction of sp³-hybridized carbons (Fsp3) is 0.700. The molecule has 138 valence electrons. The molecule has 1 aliphatic heterocycles. The van der Waals surface area contributed by atoms with E-state index in [0.29, 0.717) is 11.7 Å². The van der Waals surface area contributed by atoms with Gasteiger partial charge in [-0.15, -0.1) is 12.4 Å². The van der Waals surface area contributed by atoms with E-state index in [1.165, 1.54) is 5.56 Å². The van der Waals surface area contributed by atoms with Crippen molar-refractivity contribution in [2.45, 2.75) is 71.3 Å². The molecule has 1 aromatic rings. The fourth-order valence-electron chi connectivity index (χ4n) is 3.47. The van der Waals surface area contributed by atoms with Crippen molar-refractivity contribution in [1.82, 2.24) is 5.32 Å². The molecule has 1 aromatic carbocycles. The van der Waals surface area contributed by atoms with Gasteiger partial charge in [0.25, 0.3) is 0 Å². The van der Waals surface area contributed by atoms with Crippen LogP contribution in [0.4, 0.5) is 0 Å². The van der Waals surface area contributed by atoms with E-state index in [4.69, 9.17) is 5.73 Å². The maximum atomic E-state index is 10.8. The zero-order valence-corrected chi connectivity index (χ0v) is 16.9. The second-order valence-corrected chi connectivity index (χ2v) is 9.08. The number of piperidine rings is 1. The number of benzene rings is 1. The monoisotopic (exact) mass is 354 g/mol. The maximum absolute atomic E-state index is 10.8. The van der Waals surface area contributed by atoms with Crippen LogP contribution in [0.15, 0.2) is 12.1 Å². The number of hydrogen-bond acceptors (Lipinski definition) is 3. The Kier molecular flexibility index (Phi) is 6.77. The average Bonchev–Trinajstić information content (AvgIpc) is 2.45. The second kappa shape index (κ2) is 7.63. The van der Waals surface area contributed by atoms with Crippen molar-refractivity contribution in [3.8, 4) is 5.75 Å². The molecular formula is C20H35ClN2O. The number of phenolic OH excluding ortho intramolecular Hbond substituents is 1. The lowest BCUT2D eigenvalue weighted by Crippen LogP contribution is -2.34. The zero-order valence-electron chi connectivity index (χ0n) is 16.1. The number of rotatable bonds is 2. The highest BCUT2D eigenvalue weighted by Crippen LogP contribution is 2.41. The Morgan fingerprint density at radius 3 is 1.79 bits per heavy atom. The second-order valence-electron chi connectivity index (χ2n) is 9.08. The highest BCUT2D eigenvalue weighted by Gasteiger charge is 2.29. The number of halogens is 1. The van der Waals surface area contributed by atoms with Crippen LogP contribution in [0.3, 0.4) is 0 Å². The molecule has 0 amide bonds. The summed E-state index contributed by atoms with van der Waals surface area (Å²) in [5.74, 6) is 0.952. The van der Waals surface area contributed by atoms with Crippen LogP contribution in [-0.4, -0.2) is 18.2 Å². The van der Waals surface area contributed by atoms with E-state index >= 15 is 0 Å². The normalized spacial score (nSPS) is 18.1. The first-order valence-corrected chi connectivity index (χ1v) is 8.86. The predicted octanol–water partition coefficient (Wildman–Crippen LogP) is 4.41. The third kappa shape index (κ3) is 4.65. The summed E-state index contributed by atoms with van der Waals surface area (Å²) in [7, 11) is 0. The average molecular weight is 355 g/mol. The number of hydrogen-bond donors (Lipinski definition) is 3. The Hall–Kier alpha value is -0.770. The van der Waals surface area contributed by atoms with Crippen LogP contribution in [0.5, 0.6) is 5.75 Å². The third-order valence-corrected chi connectivity index (χ3v) is 5.02. The lowest BCUT2D eigenvalue weighted by Gasteiger charge is -2.32. The molecule has 0 unspecified atom stereocenters. The summed E-state index contributed by atoms with van der Waals surface area (Å²) in [4.78, 5) is 0. The largest absolute Gasteiger partial charge is 0.507 e. The highest BCUT2D eigenvalue weighted by molar-refractivity contribution is 5.85. The van der Waals surface area contributed by atoms with E-state index in [9.17, 15) is 5.11 Å². The van der Waals surface area contributed by atoms with Crippen LogP contribution >= 0.6 is 12.4 Å². The molecule has 1 saturated heterocycles.